The van der Waals surface area contributed by atoms with Gasteiger partial charge in [0.15, 0.2) is 0 Å². The lowest BCUT2D eigenvalue weighted by Crippen LogP contribution is -2.52. The molecule has 3 unspecified atom stereocenters. The van der Waals surface area contributed by atoms with Crippen LogP contribution in [0.4, 0.5) is 0 Å². The quantitative estimate of drug-likeness (QED) is 0.810. The van der Waals surface area contributed by atoms with Gasteiger partial charge in [-0.05, 0) is 34.6 Å². The molecule has 4 heteroatoms. The monoisotopic (exact) mass is 245 g/mol. The zero-order chi connectivity index (χ0) is 13.1. The van der Waals surface area contributed by atoms with Crippen LogP contribution in [-0.4, -0.2) is 60.2 Å². The van der Waals surface area contributed by atoms with Gasteiger partial charge in [0.1, 0.15) is 0 Å². The molecular weight excluding hydrogens is 218 g/mol. The SMILES string of the molecule is CC1COCC(C)N1CC(O)COC(C)(C)C. The maximum atomic E-state index is 9.99. The molecule has 1 fully saturated rings. The van der Waals surface area contributed by atoms with E-state index in [1.54, 1.807) is 0 Å². The maximum absolute atomic E-state index is 9.99. The number of ether oxygens (including phenoxy) is 2. The number of rotatable bonds is 4. The Labute approximate surface area is 105 Å². The van der Waals surface area contributed by atoms with Crippen LogP contribution >= 0.6 is 0 Å². The lowest BCUT2D eigenvalue weighted by Gasteiger charge is -2.39. The number of aliphatic hydroxyl groups is 1. The van der Waals surface area contributed by atoms with Crippen LogP contribution in [0.15, 0.2) is 0 Å². The third-order valence-corrected chi connectivity index (χ3v) is 2.98. The summed E-state index contributed by atoms with van der Waals surface area (Å²) in [5.41, 5.74) is -0.191. The third kappa shape index (κ3) is 5.34. The second-order valence-corrected chi connectivity index (χ2v) is 6.01. The van der Waals surface area contributed by atoms with E-state index >= 15 is 0 Å². The van der Waals surface area contributed by atoms with Gasteiger partial charge >= 0.3 is 0 Å². The first-order valence-electron chi connectivity index (χ1n) is 6.45. The molecule has 0 amide bonds. The molecule has 4 nitrogen and oxygen atoms in total. The molecule has 3 atom stereocenters. The highest BCUT2D eigenvalue weighted by Crippen LogP contribution is 2.14. The van der Waals surface area contributed by atoms with Crippen LogP contribution in [0, 0.1) is 0 Å². The summed E-state index contributed by atoms with van der Waals surface area (Å²) in [7, 11) is 0. The molecule has 0 aromatic heterocycles. The van der Waals surface area contributed by atoms with Crippen molar-refractivity contribution in [1.82, 2.24) is 4.90 Å². The highest BCUT2D eigenvalue weighted by molar-refractivity contribution is 4.80. The van der Waals surface area contributed by atoms with E-state index in [1.807, 2.05) is 20.8 Å². The minimum Gasteiger partial charge on any atom is -0.389 e. The van der Waals surface area contributed by atoms with Crippen molar-refractivity contribution in [3.05, 3.63) is 0 Å². The second kappa shape index (κ2) is 6.14. The van der Waals surface area contributed by atoms with E-state index < -0.39 is 6.10 Å². The Morgan fingerprint density at radius 2 is 1.82 bits per heavy atom. The van der Waals surface area contributed by atoms with Gasteiger partial charge in [-0.1, -0.05) is 0 Å². The summed E-state index contributed by atoms with van der Waals surface area (Å²) in [5, 5.41) is 9.99. The zero-order valence-corrected chi connectivity index (χ0v) is 11.8. The average Bonchev–Trinajstić information content (AvgIpc) is 2.20. The van der Waals surface area contributed by atoms with Crippen LogP contribution in [0.3, 0.4) is 0 Å². The van der Waals surface area contributed by atoms with Crippen molar-refractivity contribution >= 4 is 0 Å². The highest BCUT2D eigenvalue weighted by atomic mass is 16.5. The molecule has 1 N–H and O–H groups in total. The van der Waals surface area contributed by atoms with Crippen molar-refractivity contribution in [1.29, 1.82) is 0 Å². The Morgan fingerprint density at radius 3 is 2.29 bits per heavy atom. The largest absolute Gasteiger partial charge is 0.389 e. The van der Waals surface area contributed by atoms with Crippen molar-refractivity contribution in [2.24, 2.45) is 0 Å². The van der Waals surface area contributed by atoms with E-state index in [9.17, 15) is 5.11 Å². The molecule has 0 spiro atoms. The second-order valence-electron chi connectivity index (χ2n) is 6.01. The van der Waals surface area contributed by atoms with Crippen molar-refractivity contribution < 1.29 is 14.6 Å². The van der Waals surface area contributed by atoms with E-state index in [1.165, 1.54) is 0 Å². The standard InChI is InChI=1S/C13H27NO3/c1-10-7-16-8-11(2)14(10)6-12(15)9-17-13(3,4)5/h10-12,15H,6-9H2,1-5H3. The molecule has 0 radical (unpaired) electrons. The summed E-state index contributed by atoms with van der Waals surface area (Å²) in [4.78, 5) is 2.29. The number of hydrogen-bond donors (Lipinski definition) is 1. The summed E-state index contributed by atoms with van der Waals surface area (Å²) in [6, 6.07) is 0.728. The Kier molecular flexibility index (Phi) is 5.38. The molecule has 0 aromatic rings. The van der Waals surface area contributed by atoms with E-state index in [0.717, 1.165) is 13.2 Å². The number of hydrogen-bond acceptors (Lipinski definition) is 4. The molecule has 1 heterocycles. The highest BCUT2D eigenvalue weighted by Gasteiger charge is 2.27. The van der Waals surface area contributed by atoms with Gasteiger partial charge in [0.25, 0.3) is 0 Å². The van der Waals surface area contributed by atoms with Gasteiger partial charge in [0.05, 0.1) is 31.5 Å². The molecule has 17 heavy (non-hydrogen) atoms. The van der Waals surface area contributed by atoms with Gasteiger partial charge < -0.3 is 14.6 Å². The van der Waals surface area contributed by atoms with Crippen LogP contribution in [0.5, 0.6) is 0 Å². The topological polar surface area (TPSA) is 41.9 Å². The van der Waals surface area contributed by atoms with E-state index in [2.05, 4.69) is 18.7 Å². The molecule has 1 aliphatic heterocycles. The zero-order valence-electron chi connectivity index (χ0n) is 11.8. The first-order valence-corrected chi connectivity index (χ1v) is 6.45. The molecule has 1 rings (SSSR count). The molecule has 0 saturated carbocycles. The third-order valence-electron chi connectivity index (χ3n) is 2.98. The van der Waals surface area contributed by atoms with Gasteiger partial charge in [-0.25, -0.2) is 0 Å². The van der Waals surface area contributed by atoms with E-state index in [0.29, 0.717) is 25.2 Å². The minimum absolute atomic E-state index is 0.191. The molecule has 0 aliphatic carbocycles. The van der Waals surface area contributed by atoms with Gasteiger partial charge in [-0.3, -0.25) is 4.90 Å². The Hall–Kier alpha value is -0.160. The first-order chi connectivity index (χ1) is 7.79. The molecule has 0 bridgehead atoms. The molecule has 102 valence electrons. The summed E-state index contributed by atoms with van der Waals surface area (Å²) in [6.45, 7) is 12.8. The fourth-order valence-corrected chi connectivity index (χ4v) is 2.04. The van der Waals surface area contributed by atoms with E-state index in [4.69, 9.17) is 9.47 Å². The number of β-amino-alcohol motifs (C(OH)–C–C–N with tert-alkyl or cyclic N) is 1. The molecule has 0 aromatic carbocycles. The van der Waals surface area contributed by atoms with Gasteiger partial charge in [-0.2, -0.15) is 0 Å². The predicted octanol–water partition coefficient (Wildman–Crippen LogP) is 1.27. The Balaban J connectivity index is 2.36. The summed E-state index contributed by atoms with van der Waals surface area (Å²) in [5.74, 6) is 0. The average molecular weight is 245 g/mol. The van der Waals surface area contributed by atoms with Gasteiger partial charge in [0.2, 0.25) is 0 Å². The number of aliphatic hydroxyl groups excluding tert-OH is 1. The Bertz CT molecular complexity index is 217. The van der Waals surface area contributed by atoms with Crippen LogP contribution < -0.4 is 0 Å². The van der Waals surface area contributed by atoms with Crippen LogP contribution in [0.25, 0.3) is 0 Å². The maximum Gasteiger partial charge on any atom is 0.0900 e. The fraction of sp³-hybridized carbons (Fsp3) is 1.00. The molecule has 1 saturated heterocycles. The summed E-state index contributed by atoms with van der Waals surface area (Å²) in [6.07, 6.45) is -0.433. The van der Waals surface area contributed by atoms with Crippen LogP contribution in [0.2, 0.25) is 0 Å². The number of morpholine rings is 1. The fourth-order valence-electron chi connectivity index (χ4n) is 2.04. The molecular formula is C13H27NO3. The first kappa shape index (κ1) is 14.9. The Morgan fingerprint density at radius 1 is 1.29 bits per heavy atom. The lowest BCUT2D eigenvalue weighted by molar-refractivity contribution is -0.0854. The van der Waals surface area contributed by atoms with Crippen molar-refractivity contribution in [2.45, 2.75) is 58.4 Å². The van der Waals surface area contributed by atoms with Crippen LogP contribution in [-0.2, 0) is 9.47 Å². The smallest absolute Gasteiger partial charge is 0.0900 e. The lowest BCUT2D eigenvalue weighted by atomic mass is 10.1. The molecule has 1 aliphatic rings. The normalized spacial score (nSPS) is 29.3. The minimum atomic E-state index is -0.433. The van der Waals surface area contributed by atoms with Crippen LogP contribution in [0.1, 0.15) is 34.6 Å². The van der Waals surface area contributed by atoms with Crippen molar-refractivity contribution in [3.8, 4) is 0 Å². The van der Waals surface area contributed by atoms with Crippen molar-refractivity contribution in [3.63, 3.8) is 0 Å². The van der Waals surface area contributed by atoms with E-state index in [-0.39, 0.29) is 5.60 Å². The van der Waals surface area contributed by atoms with Crippen molar-refractivity contribution in [2.75, 3.05) is 26.4 Å². The van der Waals surface area contributed by atoms with Gasteiger partial charge in [-0.15, -0.1) is 0 Å². The predicted molar refractivity (Wildman–Crippen MR) is 68.2 cm³/mol. The summed E-state index contributed by atoms with van der Waals surface area (Å²) < 4.78 is 11.1. The number of nitrogens with zero attached hydrogens (tertiary/aromatic N) is 1. The summed E-state index contributed by atoms with van der Waals surface area (Å²) >= 11 is 0. The van der Waals surface area contributed by atoms with Gasteiger partial charge in [0, 0.05) is 18.6 Å².